The molecule has 12 heteroatoms. The lowest BCUT2D eigenvalue weighted by Gasteiger charge is -2.18. The molecule has 16 heterocycles. The van der Waals surface area contributed by atoms with Crippen molar-refractivity contribution in [2.45, 2.75) is 74.5 Å². The fourth-order valence-corrected chi connectivity index (χ4v) is 11.8. The molecule has 0 spiro atoms. The van der Waals surface area contributed by atoms with Gasteiger partial charge in [0.15, 0.2) is 0 Å². The Hall–Kier alpha value is -4.22. The minimum absolute atomic E-state index is 0.0476. The van der Waals surface area contributed by atoms with Crippen LogP contribution < -0.4 is 21.9 Å². The highest BCUT2D eigenvalue weighted by Gasteiger charge is 2.53. The fraction of sp³-hybridized carbons (Fsp3) is 0.273. The topological polar surface area (TPSA) is 73.8 Å². The molecule has 8 atom stereocenters. The molecule has 26 rings (SSSR count). The summed E-state index contributed by atoms with van der Waals surface area (Å²) < 4.78 is 54.5. The molecule has 4 aliphatic carbocycles. The molecule has 268 valence electrons. The van der Waals surface area contributed by atoms with Crippen molar-refractivity contribution in [2.75, 3.05) is 0 Å². The molecule has 8 nitrogen and oxygen atoms in total. The number of fused-ring (bicyclic) bond motifs is 1. The zero-order valence-electron chi connectivity index (χ0n) is 30.3. The lowest BCUT2D eigenvalue weighted by atomic mass is 9.70. The summed E-state index contributed by atoms with van der Waals surface area (Å²) in [7, 11) is -1.86. The first-order valence-electron chi connectivity index (χ1n) is 20.2. The predicted molar refractivity (Wildman–Crippen MR) is 212 cm³/mol. The molecule has 4 fully saturated rings. The van der Waals surface area contributed by atoms with Gasteiger partial charge in [0.05, 0.1) is 48.8 Å². The molecule has 20 aliphatic rings. The Balaban J connectivity index is 0.859. The van der Waals surface area contributed by atoms with Crippen LogP contribution in [0.1, 0.15) is 68.9 Å². The van der Waals surface area contributed by atoms with Crippen LogP contribution in [0.3, 0.4) is 0 Å². The number of hydrogen-bond donors (Lipinski definition) is 0. The third-order valence-electron chi connectivity index (χ3n) is 14.3. The number of benzene rings is 6. The van der Waals surface area contributed by atoms with Gasteiger partial charge in [-0.15, -0.1) is 0 Å². The van der Waals surface area contributed by atoms with E-state index in [1.54, 1.807) is 0 Å². The van der Waals surface area contributed by atoms with Crippen molar-refractivity contribution in [3.8, 4) is 0 Å². The summed E-state index contributed by atoms with van der Waals surface area (Å²) in [4.78, 5) is 0. The summed E-state index contributed by atoms with van der Waals surface area (Å²) in [5, 5.41) is 4.40. The van der Waals surface area contributed by atoms with Crippen LogP contribution in [0.15, 0.2) is 97.1 Å². The molecule has 16 aliphatic heterocycles. The highest BCUT2D eigenvalue weighted by atomic mass is 16.7. The SMILES string of the molecule is c1ccc2c3ccc(c2c1)B1OC2Cc4cc5c(cc4C2O1)CC1OB(OC51)c1ccc(c2ccccc12)B1OC2Cc4cc5c(cc4C2O1)CC1OB3OC51. The van der Waals surface area contributed by atoms with Gasteiger partial charge in [-0.25, -0.2) is 0 Å². The van der Waals surface area contributed by atoms with E-state index < -0.39 is 28.5 Å². The number of hydrogen-bond acceptors (Lipinski definition) is 8. The van der Waals surface area contributed by atoms with Crippen molar-refractivity contribution in [1.82, 2.24) is 0 Å². The Kier molecular flexibility index (Phi) is 5.97. The van der Waals surface area contributed by atoms with Crippen molar-refractivity contribution in [1.29, 1.82) is 0 Å². The summed E-state index contributed by atoms with van der Waals surface area (Å²) in [5.41, 5.74) is 14.2. The molecule has 0 aromatic heterocycles. The average Bonchev–Trinajstić information content (AvgIpc) is 4.08. The van der Waals surface area contributed by atoms with Gasteiger partial charge in [-0.05, 0) is 87.9 Å². The standard InChI is InChI=1S/C44H32B4O8/c1-2-6-26-25(5-1)33-9-10-34(26)46-50-38-18-23-16-32-24(15-30(23)42(38)54-46)20-40-44(32)56-48(52-40)36-12-11-35(27-7-3-4-8-28(27)36)47-51-39-19-22-13-29-21(14-31(22)43(39)55-47)17-37-41(29)53-45(33)49-37/h1-16,37-44H,17-20H2. The Labute approximate surface area is 324 Å². The molecule has 0 amide bonds. The van der Waals surface area contributed by atoms with E-state index in [1.807, 2.05) is 0 Å². The maximum Gasteiger partial charge on any atom is 0.495 e. The maximum atomic E-state index is 6.84. The van der Waals surface area contributed by atoms with Crippen LogP contribution in [-0.2, 0) is 62.9 Å². The van der Waals surface area contributed by atoms with E-state index in [2.05, 4.69) is 97.1 Å². The molecule has 0 saturated carbocycles. The van der Waals surface area contributed by atoms with Crippen molar-refractivity contribution < 1.29 is 37.2 Å². The van der Waals surface area contributed by atoms with Crippen LogP contribution in [0.25, 0.3) is 21.5 Å². The van der Waals surface area contributed by atoms with Gasteiger partial charge in [-0.2, -0.15) is 0 Å². The first-order valence-corrected chi connectivity index (χ1v) is 20.2. The summed E-state index contributed by atoms with van der Waals surface area (Å²) in [6, 6.07) is 35.0. The maximum absolute atomic E-state index is 6.84. The van der Waals surface area contributed by atoms with Gasteiger partial charge in [0, 0.05) is 25.7 Å². The molecule has 0 N–H and O–H groups in total. The van der Waals surface area contributed by atoms with Gasteiger partial charge in [0.1, 0.15) is 0 Å². The van der Waals surface area contributed by atoms with E-state index in [0.717, 1.165) is 69.1 Å². The monoisotopic (exact) mass is 732 g/mol. The Bertz CT molecular complexity index is 2390. The normalized spacial score (nSPS) is 30.6. The van der Waals surface area contributed by atoms with Crippen molar-refractivity contribution >= 4 is 71.9 Å². The Morgan fingerprint density at radius 2 is 0.571 bits per heavy atom. The van der Waals surface area contributed by atoms with Gasteiger partial charge in [-0.3, -0.25) is 0 Å². The molecule has 24 bridgehead atoms. The lowest BCUT2D eigenvalue weighted by Crippen LogP contribution is -2.39. The van der Waals surface area contributed by atoms with E-state index >= 15 is 0 Å². The third-order valence-corrected chi connectivity index (χ3v) is 14.3. The van der Waals surface area contributed by atoms with Crippen LogP contribution in [-0.4, -0.2) is 52.9 Å². The zero-order chi connectivity index (χ0) is 36.0. The van der Waals surface area contributed by atoms with Crippen molar-refractivity contribution in [3.63, 3.8) is 0 Å². The van der Waals surface area contributed by atoms with Crippen LogP contribution in [0, 0.1) is 0 Å². The van der Waals surface area contributed by atoms with Crippen LogP contribution >= 0.6 is 0 Å². The highest BCUT2D eigenvalue weighted by molar-refractivity contribution is 6.69. The van der Waals surface area contributed by atoms with Gasteiger partial charge >= 0.3 is 28.5 Å². The molecule has 4 saturated heterocycles. The second kappa shape index (κ2) is 10.8. The van der Waals surface area contributed by atoms with Gasteiger partial charge in [0.25, 0.3) is 0 Å². The molecule has 0 radical (unpaired) electrons. The first kappa shape index (κ1) is 30.9. The summed E-state index contributed by atoms with van der Waals surface area (Å²) in [6.07, 6.45) is 2.53. The Morgan fingerprint density at radius 3 is 0.821 bits per heavy atom. The molecule has 6 aromatic rings. The highest BCUT2D eigenvalue weighted by Crippen LogP contribution is 2.50. The van der Waals surface area contributed by atoms with Crippen molar-refractivity contribution in [2.24, 2.45) is 0 Å². The second-order valence-corrected chi connectivity index (χ2v) is 17.1. The van der Waals surface area contributed by atoms with Gasteiger partial charge in [-0.1, -0.05) is 97.1 Å². The summed E-state index contributed by atoms with van der Waals surface area (Å²) >= 11 is 0. The lowest BCUT2D eigenvalue weighted by molar-refractivity contribution is 0.174. The zero-order valence-corrected chi connectivity index (χ0v) is 30.3. The van der Waals surface area contributed by atoms with E-state index in [-0.39, 0.29) is 48.8 Å². The van der Waals surface area contributed by atoms with Crippen LogP contribution in [0.2, 0.25) is 0 Å². The summed E-state index contributed by atoms with van der Waals surface area (Å²) in [5.74, 6) is 0. The van der Waals surface area contributed by atoms with Crippen LogP contribution in [0.4, 0.5) is 0 Å². The second-order valence-electron chi connectivity index (χ2n) is 17.1. The summed E-state index contributed by atoms with van der Waals surface area (Å²) in [6.45, 7) is 0. The van der Waals surface area contributed by atoms with E-state index in [9.17, 15) is 0 Å². The van der Waals surface area contributed by atoms with E-state index in [4.69, 9.17) is 37.2 Å². The van der Waals surface area contributed by atoms with Crippen molar-refractivity contribution in [3.05, 3.63) is 142 Å². The van der Waals surface area contributed by atoms with Crippen LogP contribution in [0.5, 0.6) is 0 Å². The average molecular weight is 732 g/mol. The molecule has 56 heavy (non-hydrogen) atoms. The predicted octanol–water partition coefficient (Wildman–Crippen LogP) is 3.94. The van der Waals surface area contributed by atoms with E-state index in [1.165, 1.54) is 44.5 Å². The first-order chi connectivity index (χ1) is 27.7. The fourth-order valence-electron chi connectivity index (χ4n) is 11.8. The third kappa shape index (κ3) is 4.01. The molecular formula is C44H32B4O8. The molecular weight excluding hydrogens is 700 g/mol. The molecule has 8 unspecified atom stereocenters. The van der Waals surface area contributed by atoms with E-state index in [0.29, 0.717) is 0 Å². The largest absolute Gasteiger partial charge is 0.495 e. The minimum Gasteiger partial charge on any atom is -0.401 e. The minimum atomic E-state index is -0.466. The number of rotatable bonds is 0. The molecule has 6 aromatic carbocycles. The quantitative estimate of drug-likeness (QED) is 0.218. The van der Waals surface area contributed by atoms with Gasteiger partial charge < -0.3 is 37.2 Å². The smallest absolute Gasteiger partial charge is 0.401 e. The van der Waals surface area contributed by atoms with Gasteiger partial charge in [0.2, 0.25) is 0 Å². The Morgan fingerprint density at radius 1 is 0.321 bits per heavy atom.